The summed E-state index contributed by atoms with van der Waals surface area (Å²) in [7, 11) is -3.61. The number of hydrogen-bond acceptors (Lipinski definition) is 3. The highest BCUT2D eigenvalue weighted by atomic mass is 35.5. The summed E-state index contributed by atoms with van der Waals surface area (Å²) in [5, 5.41) is 3.19. The lowest BCUT2D eigenvalue weighted by Crippen LogP contribution is -2.29. The fourth-order valence-electron chi connectivity index (χ4n) is 3.72. The third-order valence-electron chi connectivity index (χ3n) is 5.58. The molecular weight excluding hydrogens is 408 g/mol. The molecule has 1 amide bonds. The SMILES string of the molecule is Cc1cc(C)c(C(C)NC(=O)c2cc(S(=O)(=O)N3CCCC3)ccc2Cl)cc1C. The fourth-order valence-corrected chi connectivity index (χ4v) is 5.47. The van der Waals surface area contributed by atoms with Gasteiger partial charge >= 0.3 is 0 Å². The van der Waals surface area contributed by atoms with Crippen molar-refractivity contribution in [2.24, 2.45) is 0 Å². The van der Waals surface area contributed by atoms with Crippen molar-refractivity contribution < 1.29 is 13.2 Å². The minimum atomic E-state index is -3.61. The Morgan fingerprint density at radius 3 is 2.31 bits per heavy atom. The van der Waals surface area contributed by atoms with E-state index in [1.54, 1.807) is 0 Å². The molecule has 0 saturated carbocycles. The number of benzene rings is 2. The maximum atomic E-state index is 12.9. The Morgan fingerprint density at radius 1 is 1.03 bits per heavy atom. The molecule has 7 heteroatoms. The molecule has 5 nitrogen and oxygen atoms in total. The van der Waals surface area contributed by atoms with Gasteiger partial charge in [0.15, 0.2) is 0 Å². The predicted molar refractivity (Wildman–Crippen MR) is 116 cm³/mol. The van der Waals surface area contributed by atoms with Crippen LogP contribution in [0.25, 0.3) is 0 Å². The van der Waals surface area contributed by atoms with Gasteiger partial charge in [-0.25, -0.2) is 8.42 Å². The predicted octanol–water partition coefficient (Wildman–Crippen LogP) is 4.54. The smallest absolute Gasteiger partial charge is 0.253 e. The van der Waals surface area contributed by atoms with Gasteiger partial charge in [-0.15, -0.1) is 0 Å². The van der Waals surface area contributed by atoms with E-state index >= 15 is 0 Å². The summed E-state index contributed by atoms with van der Waals surface area (Å²) in [4.78, 5) is 13.0. The van der Waals surface area contributed by atoms with Crippen LogP contribution >= 0.6 is 11.6 Å². The van der Waals surface area contributed by atoms with E-state index < -0.39 is 15.9 Å². The van der Waals surface area contributed by atoms with Crippen molar-refractivity contribution >= 4 is 27.5 Å². The van der Waals surface area contributed by atoms with E-state index in [0.717, 1.165) is 29.5 Å². The number of aryl methyl sites for hydroxylation is 3. The molecule has 1 aliphatic rings. The van der Waals surface area contributed by atoms with Crippen molar-refractivity contribution in [3.8, 4) is 0 Å². The molecule has 1 atom stereocenters. The average molecular weight is 435 g/mol. The maximum absolute atomic E-state index is 12.9. The third kappa shape index (κ3) is 4.49. The third-order valence-corrected chi connectivity index (χ3v) is 7.81. The molecule has 0 spiro atoms. The highest BCUT2D eigenvalue weighted by molar-refractivity contribution is 7.89. The molecule has 1 heterocycles. The van der Waals surface area contributed by atoms with Crippen molar-refractivity contribution in [1.29, 1.82) is 0 Å². The minimum Gasteiger partial charge on any atom is -0.345 e. The number of sulfonamides is 1. The molecule has 29 heavy (non-hydrogen) atoms. The van der Waals surface area contributed by atoms with Crippen LogP contribution in [0.2, 0.25) is 5.02 Å². The quantitative estimate of drug-likeness (QED) is 0.751. The van der Waals surface area contributed by atoms with E-state index in [2.05, 4.69) is 24.4 Å². The monoisotopic (exact) mass is 434 g/mol. The van der Waals surface area contributed by atoms with Crippen molar-refractivity contribution in [1.82, 2.24) is 9.62 Å². The molecule has 0 aromatic heterocycles. The van der Waals surface area contributed by atoms with Crippen LogP contribution in [0.4, 0.5) is 0 Å². The van der Waals surface area contributed by atoms with Gasteiger partial charge in [0.1, 0.15) is 0 Å². The Morgan fingerprint density at radius 2 is 1.66 bits per heavy atom. The average Bonchev–Trinajstić information content (AvgIpc) is 3.20. The molecule has 2 aromatic carbocycles. The van der Waals surface area contributed by atoms with Crippen molar-refractivity contribution in [3.05, 3.63) is 63.2 Å². The van der Waals surface area contributed by atoms with Gasteiger partial charge in [-0.1, -0.05) is 23.7 Å². The number of carbonyl (C=O) groups excluding carboxylic acids is 1. The van der Waals surface area contributed by atoms with Crippen LogP contribution in [-0.4, -0.2) is 31.7 Å². The second-order valence-electron chi connectivity index (χ2n) is 7.74. The van der Waals surface area contributed by atoms with Crippen LogP contribution in [0.15, 0.2) is 35.2 Å². The zero-order valence-electron chi connectivity index (χ0n) is 17.3. The van der Waals surface area contributed by atoms with E-state index in [4.69, 9.17) is 11.6 Å². The summed E-state index contributed by atoms with van der Waals surface area (Å²) in [6.45, 7) is 9.04. The highest BCUT2D eigenvalue weighted by Gasteiger charge is 2.28. The van der Waals surface area contributed by atoms with Crippen molar-refractivity contribution in [3.63, 3.8) is 0 Å². The van der Waals surface area contributed by atoms with Crippen molar-refractivity contribution in [2.45, 2.75) is 51.5 Å². The molecule has 0 radical (unpaired) electrons. The first-order valence-corrected chi connectivity index (χ1v) is 11.6. The first-order valence-electron chi connectivity index (χ1n) is 9.79. The van der Waals surface area contributed by atoms with E-state index in [-0.39, 0.29) is 21.5 Å². The first-order chi connectivity index (χ1) is 13.6. The Bertz CT molecular complexity index is 1040. The normalized spacial score (nSPS) is 16.0. The molecule has 3 rings (SSSR count). The standard InChI is InChI=1S/C22H27ClN2O3S/c1-14-11-16(3)19(12-15(14)2)17(4)24-22(26)20-13-18(7-8-21(20)23)29(27,28)25-9-5-6-10-25/h7-8,11-13,17H,5-6,9-10H2,1-4H3,(H,24,26). The van der Waals surface area contributed by atoms with Gasteiger partial charge in [0.05, 0.1) is 21.5 Å². The molecule has 0 bridgehead atoms. The van der Waals surface area contributed by atoms with Gasteiger partial charge in [0.25, 0.3) is 5.91 Å². The van der Waals surface area contributed by atoms with E-state index in [1.165, 1.54) is 28.1 Å². The summed E-state index contributed by atoms with van der Waals surface area (Å²) < 4.78 is 27.1. The molecule has 1 saturated heterocycles. The molecule has 1 fully saturated rings. The number of hydrogen-bond donors (Lipinski definition) is 1. The number of amides is 1. The van der Waals surface area contributed by atoms with Crippen LogP contribution in [0, 0.1) is 20.8 Å². The number of nitrogens with zero attached hydrogens (tertiary/aromatic N) is 1. The summed E-state index contributed by atoms with van der Waals surface area (Å²) in [6.07, 6.45) is 1.71. The summed E-state index contributed by atoms with van der Waals surface area (Å²) in [5.74, 6) is -0.390. The van der Waals surface area contributed by atoms with E-state index in [0.29, 0.717) is 13.1 Å². The highest BCUT2D eigenvalue weighted by Crippen LogP contribution is 2.27. The fraction of sp³-hybridized carbons (Fsp3) is 0.409. The zero-order chi connectivity index (χ0) is 21.3. The Kier molecular flexibility index (Phi) is 6.36. The van der Waals surface area contributed by atoms with Gasteiger partial charge < -0.3 is 5.32 Å². The molecule has 1 aliphatic heterocycles. The number of carbonyl (C=O) groups is 1. The maximum Gasteiger partial charge on any atom is 0.253 e. The van der Waals surface area contributed by atoms with Gasteiger partial charge in [-0.3, -0.25) is 4.79 Å². The molecular formula is C22H27ClN2O3S. The number of rotatable bonds is 5. The Hall–Kier alpha value is -1.89. The second kappa shape index (κ2) is 8.46. The lowest BCUT2D eigenvalue weighted by molar-refractivity contribution is 0.0939. The molecule has 2 aromatic rings. The second-order valence-corrected chi connectivity index (χ2v) is 10.1. The largest absolute Gasteiger partial charge is 0.345 e. The van der Waals surface area contributed by atoms with Crippen molar-refractivity contribution in [2.75, 3.05) is 13.1 Å². The number of halogens is 1. The van der Waals surface area contributed by atoms with Crippen LogP contribution in [-0.2, 0) is 10.0 Å². The topological polar surface area (TPSA) is 66.5 Å². The first kappa shape index (κ1) is 21.8. The van der Waals surface area contributed by atoms with Crippen LogP contribution in [0.1, 0.15) is 58.4 Å². The zero-order valence-corrected chi connectivity index (χ0v) is 18.8. The lowest BCUT2D eigenvalue weighted by Gasteiger charge is -2.20. The minimum absolute atomic E-state index is 0.101. The molecule has 1 N–H and O–H groups in total. The van der Waals surface area contributed by atoms with Gasteiger partial charge in [0.2, 0.25) is 10.0 Å². The van der Waals surface area contributed by atoms with Crippen LogP contribution in [0.3, 0.4) is 0 Å². The van der Waals surface area contributed by atoms with Gasteiger partial charge in [0, 0.05) is 13.1 Å². The number of nitrogens with one attached hydrogen (secondary N) is 1. The van der Waals surface area contributed by atoms with Crippen LogP contribution < -0.4 is 5.32 Å². The molecule has 156 valence electrons. The lowest BCUT2D eigenvalue weighted by atomic mass is 9.96. The van der Waals surface area contributed by atoms with Crippen LogP contribution in [0.5, 0.6) is 0 Å². The van der Waals surface area contributed by atoms with Gasteiger partial charge in [-0.2, -0.15) is 4.31 Å². The molecule has 1 unspecified atom stereocenters. The van der Waals surface area contributed by atoms with Gasteiger partial charge in [-0.05, 0) is 81.0 Å². The van der Waals surface area contributed by atoms with E-state index in [1.807, 2.05) is 20.8 Å². The molecule has 0 aliphatic carbocycles. The summed E-state index contributed by atoms with van der Waals surface area (Å²) in [6, 6.07) is 8.26. The summed E-state index contributed by atoms with van der Waals surface area (Å²) in [5.41, 5.74) is 4.65. The summed E-state index contributed by atoms with van der Waals surface area (Å²) >= 11 is 6.24. The Balaban J connectivity index is 1.87. The Labute approximate surface area is 178 Å². The van der Waals surface area contributed by atoms with E-state index in [9.17, 15) is 13.2 Å².